The van der Waals surface area contributed by atoms with Crippen LogP contribution in [0.5, 0.6) is 0 Å². The number of amides is 2. The summed E-state index contributed by atoms with van der Waals surface area (Å²) in [6, 6.07) is 4.94. The van der Waals surface area contributed by atoms with Crippen LogP contribution in [0, 0.1) is 6.92 Å². The van der Waals surface area contributed by atoms with Crippen molar-refractivity contribution in [1.29, 1.82) is 0 Å². The minimum atomic E-state index is -3.47. The highest BCUT2D eigenvalue weighted by atomic mass is 32.2. The number of sulfonamides is 1. The predicted octanol–water partition coefficient (Wildman–Crippen LogP) is 1.75. The number of nitrogens with zero attached hydrogens (tertiary/aromatic N) is 4. The summed E-state index contributed by atoms with van der Waals surface area (Å²) in [6.45, 7) is 4.58. The van der Waals surface area contributed by atoms with Crippen LogP contribution in [0.1, 0.15) is 40.4 Å². The monoisotopic (exact) mass is 466 g/mol. The Labute approximate surface area is 185 Å². The van der Waals surface area contributed by atoms with Crippen LogP contribution in [0.25, 0.3) is 0 Å². The number of hydrogen-bond acceptors (Lipinski definition) is 7. The van der Waals surface area contributed by atoms with E-state index in [1.54, 1.807) is 39.2 Å². The maximum Gasteiger partial charge on any atom is 0.292 e. The molecule has 0 saturated carbocycles. The van der Waals surface area contributed by atoms with E-state index in [2.05, 4.69) is 5.16 Å². The van der Waals surface area contributed by atoms with Gasteiger partial charge in [0.15, 0.2) is 0 Å². The van der Waals surface area contributed by atoms with Crippen molar-refractivity contribution in [1.82, 2.24) is 19.3 Å². The Bertz CT molecular complexity index is 1050. The molecule has 0 atom stereocenters. The quantitative estimate of drug-likeness (QED) is 0.665. The van der Waals surface area contributed by atoms with Crippen molar-refractivity contribution in [3.8, 4) is 0 Å². The van der Waals surface area contributed by atoms with Gasteiger partial charge in [0.1, 0.15) is 4.21 Å². The zero-order valence-electron chi connectivity index (χ0n) is 17.4. The van der Waals surface area contributed by atoms with Crippen molar-refractivity contribution in [2.75, 3.05) is 39.3 Å². The van der Waals surface area contributed by atoms with Crippen LogP contribution in [0.3, 0.4) is 0 Å². The maximum absolute atomic E-state index is 12.8. The number of piperidine rings is 1. The Hall–Kier alpha value is -2.24. The Morgan fingerprint density at radius 1 is 1.03 bits per heavy atom. The summed E-state index contributed by atoms with van der Waals surface area (Å²) in [7, 11) is -3.47. The number of aromatic nitrogens is 1. The van der Waals surface area contributed by atoms with Crippen LogP contribution in [0.4, 0.5) is 0 Å². The molecule has 2 aliphatic rings. The van der Waals surface area contributed by atoms with Gasteiger partial charge < -0.3 is 14.3 Å². The first-order valence-electron chi connectivity index (χ1n) is 10.4. The molecule has 2 saturated heterocycles. The lowest BCUT2D eigenvalue weighted by Gasteiger charge is -2.34. The standard InChI is InChI=1S/C20H26N4O5S2/c1-15-13-17(29-21-15)20(26)23-11-9-22(10-12-23)18(25)14-16-5-6-19(30-16)31(27,28)24-7-3-2-4-8-24/h5-6,13H,2-4,7-12,14H2,1H3. The highest BCUT2D eigenvalue weighted by molar-refractivity contribution is 7.91. The first kappa shape index (κ1) is 22.0. The van der Waals surface area contributed by atoms with E-state index < -0.39 is 10.0 Å². The molecule has 31 heavy (non-hydrogen) atoms. The molecule has 2 amide bonds. The molecular weight excluding hydrogens is 440 g/mol. The number of aryl methyl sites for hydroxylation is 1. The van der Waals surface area contributed by atoms with Gasteiger partial charge >= 0.3 is 0 Å². The van der Waals surface area contributed by atoms with Crippen LogP contribution >= 0.6 is 11.3 Å². The molecule has 0 spiro atoms. The summed E-state index contributed by atoms with van der Waals surface area (Å²) in [5.41, 5.74) is 0.648. The predicted molar refractivity (Wildman–Crippen MR) is 114 cm³/mol. The summed E-state index contributed by atoms with van der Waals surface area (Å²) in [6.07, 6.45) is 3.00. The lowest BCUT2D eigenvalue weighted by molar-refractivity contribution is -0.131. The van der Waals surface area contributed by atoms with Crippen LogP contribution < -0.4 is 0 Å². The molecule has 2 aliphatic heterocycles. The van der Waals surface area contributed by atoms with Gasteiger partial charge in [-0.25, -0.2) is 8.42 Å². The van der Waals surface area contributed by atoms with Crippen molar-refractivity contribution < 1.29 is 22.5 Å². The van der Waals surface area contributed by atoms with Crippen molar-refractivity contribution in [2.45, 2.75) is 36.8 Å². The van der Waals surface area contributed by atoms with Crippen molar-refractivity contribution in [3.63, 3.8) is 0 Å². The van der Waals surface area contributed by atoms with Crippen molar-refractivity contribution in [3.05, 3.63) is 34.5 Å². The maximum atomic E-state index is 12.8. The van der Waals surface area contributed by atoms with Crippen molar-refractivity contribution in [2.24, 2.45) is 0 Å². The highest BCUT2D eigenvalue weighted by Gasteiger charge is 2.29. The number of piperazine rings is 1. The fourth-order valence-corrected chi connectivity index (χ4v) is 6.88. The van der Waals surface area contributed by atoms with E-state index in [4.69, 9.17) is 4.52 Å². The van der Waals surface area contributed by atoms with Gasteiger partial charge in [0.2, 0.25) is 11.7 Å². The van der Waals surface area contributed by atoms with Crippen LogP contribution in [-0.2, 0) is 21.2 Å². The molecule has 2 fully saturated rings. The number of hydrogen-bond donors (Lipinski definition) is 0. The van der Waals surface area contributed by atoms with E-state index in [9.17, 15) is 18.0 Å². The van der Waals surface area contributed by atoms with Crippen LogP contribution in [0.15, 0.2) is 26.9 Å². The van der Waals surface area contributed by atoms with Gasteiger partial charge in [-0.15, -0.1) is 11.3 Å². The lowest BCUT2D eigenvalue weighted by Crippen LogP contribution is -2.50. The van der Waals surface area contributed by atoms with E-state index in [0.29, 0.717) is 49.2 Å². The van der Waals surface area contributed by atoms with Gasteiger partial charge in [0, 0.05) is 50.2 Å². The largest absolute Gasteiger partial charge is 0.351 e. The third-order valence-electron chi connectivity index (χ3n) is 5.63. The molecule has 4 rings (SSSR count). The summed E-state index contributed by atoms with van der Waals surface area (Å²) < 4.78 is 32.5. The molecular formula is C20H26N4O5S2. The Morgan fingerprint density at radius 2 is 1.71 bits per heavy atom. The van der Waals surface area contributed by atoms with E-state index in [1.807, 2.05) is 0 Å². The van der Waals surface area contributed by atoms with E-state index in [-0.39, 0.29) is 24.0 Å². The second-order valence-corrected chi connectivity index (χ2v) is 11.2. The molecule has 11 heteroatoms. The summed E-state index contributed by atoms with van der Waals surface area (Å²) in [5.74, 6) is -0.0804. The fraction of sp³-hybridized carbons (Fsp3) is 0.550. The van der Waals surface area contributed by atoms with Gasteiger partial charge in [-0.05, 0) is 31.9 Å². The Kier molecular flexibility index (Phi) is 6.44. The van der Waals surface area contributed by atoms with Gasteiger partial charge in [-0.1, -0.05) is 11.6 Å². The third kappa shape index (κ3) is 4.83. The fourth-order valence-electron chi connectivity index (χ4n) is 3.86. The average Bonchev–Trinajstić information content (AvgIpc) is 3.43. The minimum absolute atomic E-state index is 0.0635. The number of rotatable bonds is 5. The molecule has 9 nitrogen and oxygen atoms in total. The van der Waals surface area contributed by atoms with E-state index in [1.165, 1.54) is 11.3 Å². The first-order chi connectivity index (χ1) is 14.8. The zero-order chi connectivity index (χ0) is 22.0. The topological polar surface area (TPSA) is 104 Å². The van der Waals surface area contributed by atoms with E-state index in [0.717, 1.165) is 24.1 Å². The molecule has 2 aromatic heterocycles. The van der Waals surface area contributed by atoms with Crippen LogP contribution in [0.2, 0.25) is 0 Å². The second kappa shape index (κ2) is 9.09. The van der Waals surface area contributed by atoms with Crippen molar-refractivity contribution >= 4 is 33.2 Å². The summed E-state index contributed by atoms with van der Waals surface area (Å²) >= 11 is 1.17. The Morgan fingerprint density at radius 3 is 2.35 bits per heavy atom. The van der Waals surface area contributed by atoms with E-state index >= 15 is 0 Å². The van der Waals surface area contributed by atoms with Crippen LogP contribution in [-0.4, -0.2) is 78.8 Å². The molecule has 2 aromatic rings. The molecule has 0 aromatic carbocycles. The lowest BCUT2D eigenvalue weighted by atomic mass is 10.2. The zero-order valence-corrected chi connectivity index (χ0v) is 19.1. The molecule has 0 aliphatic carbocycles. The second-order valence-electron chi connectivity index (χ2n) is 7.87. The normalized spacial score (nSPS) is 18.4. The van der Waals surface area contributed by atoms with Gasteiger partial charge in [0.05, 0.1) is 12.1 Å². The van der Waals surface area contributed by atoms with Gasteiger partial charge in [-0.3, -0.25) is 9.59 Å². The summed E-state index contributed by atoms with van der Waals surface area (Å²) in [4.78, 5) is 29.3. The first-order valence-corrected chi connectivity index (χ1v) is 12.7. The SMILES string of the molecule is Cc1cc(C(=O)N2CCN(C(=O)Cc3ccc(S(=O)(=O)N4CCCCC4)s3)CC2)on1. The highest BCUT2D eigenvalue weighted by Crippen LogP contribution is 2.27. The molecule has 168 valence electrons. The van der Waals surface area contributed by atoms with Gasteiger partial charge in [-0.2, -0.15) is 4.31 Å². The molecule has 4 heterocycles. The Balaban J connectivity index is 1.32. The smallest absolute Gasteiger partial charge is 0.292 e. The minimum Gasteiger partial charge on any atom is -0.351 e. The summed E-state index contributed by atoms with van der Waals surface area (Å²) in [5, 5.41) is 3.74. The number of carbonyl (C=O) groups is 2. The van der Waals surface area contributed by atoms with Gasteiger partial charge in [0.25, 0.3) is 15.9 Å². The number of thiophene rings is 1. The molecule has 0 N–H and O–H groups in total. The molecule has 0 radical (unpaired) electrons. The third-order valence-corrected chi connectivity index (χ3v) is 9.08. The number of carbonyl (C=O) groups excluding carboxylic acids is 2. The molecule has 0 unspecified atom stereocenters. The average molecular weight is 467 g/mol. The molecule has 0 bridgehead atoms.